The van der Waals surface area contributed by atoms with Gasteiger partial charge in [-0.05, 0) is 31.5 Å². The second-order valence-electron chi connectivity index (χ2n) is 7.92. The standard InChI is InChI=1S/C24H26N4O4/c1-17-4-3-5-19(14-17)15-27-10-12-28(13-11-27)21(29)16-31-24(30)22-18(2)32-26-23(22)20-6-8-25-9-7-20/h3-9,14H,10-13,15-16H2,1-2H3. The van der Waals surface area contributed by atoms with Crippen molar-refractivity contribution >= 4 is 11.9 Å². The van der Waals surface area contributed by atoms with Gasteiger partial charge in [0, 0.05) is 50.7 Å². The van der Waals surface area contributed by atoms with Crippen molar-refractivity contribution in [2.45, 2.75) is 20.4 Å². The van der Waals surface area contributed by atoms with Gasteiger partial charge in [-0.1, -0.05) is 35.0 Å². The third-order valence-electron chi connectivity index (χ3n) is 5.56. The first-order valence-corrected chi connectivity index (χ1v) is 10.6. The summed E-state index contributed by atoms with van der Waals surface area (Å²) in [5.41, 5.74) is 3.82. The molecule has 0 spiro atoms. The summed E-state index contributed by atoms with van der Waals surface area (Å²) >= 11 is 0. The number of hydrogen-bond acceptors (Lipinski definition) is 7. The molecule has 2 aromatic heterocycles. The molecule has 8 heteroatoms. The number of carbonyl (C=O) groups is 2. The van der Waals surface area contributed by atoms with Crippen LogP contribution in [0.15, 0.2) is 53.3 Å². The molecular formula is C24H26N4O4. The summed E-state index contributed by atoms with van der Waals surface area (Å²) in [5.74, 6) is -0.478. The van der Waals surface area contributed by atoms with Gasteiger partial charge in [-0.2, -0.15) is 0 Å². The van der Waals surface area contributed by atoms with E-state index in [1.54, 1.807) is 36.4 Å². The predicted octanol–water partition coefficient (Wildman–Crippen LogP) is 2.85. The van der Waals surface area contributed by atoms with Crippen molar-refractivity contribution in [3.05, 3.63) is 71.2 Å². The molecule has 1 aromatic carbocycles. The van der Waals surface area contributed by atoms with E-state index in [-0.39, 0.29) is 18.1 Å². The van der Waals surface area contributed by atoms with Crippen molar-refractivity contribution in [1.29, 1.82) is 0 Å². The van der Waals surface area contributed by atoms with Gasteiger partial charge < -0.3 is 14.2 Å². The number of nitrogens with zero attached hydrogens (tertiary/aromatic N) is 4. The minimum atomic E-state index is -0.623. The highest BCUT2D eigenvalue weighted by Gasteiger charge is 2.26. The lowest BCUT2D eigenvalue weighted by atomic mass is 10.1. The highest BCUT2D eigenvalue weighted by Crippen LogP contribution is 2.25. The van der Waals surface area contributed by atoms with E-state index in [1.807, 2.05) is 0 Å². The van der Waals surface area contributed by atoms with Gasteiger partial charge >= 0.3 is 5.97 Å². The molecule has 1 fully saturated rings. The predicted molar refractivity (Wildman–Crippen MR) is 118 cm³/mol. The molecule has 0 atom stereocenters. The van der Waals surface area contributed by atoms with E-state index < -0.39 is 5.97 Å². The Morgan fingerprint density at radius 2 is 1.81 bits per heavy atom. The zero-order valence-electron chi connectivity index (χ0n) is 18.3. The smallest absolute Gasteiger partial charge is 0.344 e. The number of rotatable bonds is 6. The number of benzene rings is 1. The molecule has 4 rings (SSSR count). The lowest BCUT2D eigenvalue weighted by Crippen LogP contribution is -2.49. The third kappa shape index (κ3) is 5.03. The highest BCUT2D eigenvalue weighted by atomic mass is 16.5. The van der Waals surface area contributed by atoms with Crippen LogP contribution in [0.3, 0.4) is 0 Å². The van der Waals surface area contributed by atoms with Gasteiger partial charge in [0.25, 0.3) is 5.91 Å². The van der Waals surface area contributed by atoms with Gasteiger partial charge in [0.2, 0.25) is 0 Å². The van der Waals surface area contributed by atoms with Crippen molar-refractivity contribution in [2.24, 2.45) is 0 Å². The van der Waals surface area contributed by atoms with Crippen LogP contribution in [0.2, 0.25) is 0 Å². The summed E-state index contributed by atoms with van der Waals surface area (Å²) in [7, 11) is 0. The number of aromatic nitrogens is 2. The van der Waals surface area contributed by atoms with Gasteiger partial charge in [-0.25, -0.2) is 4.79 Å². The fourth-order valence-electron chi connectivity index (χ4n) is 3.83. The monoisotopic (exact) mass is 434 g/mol. The lowest BCUT2D eigenvalue weighted by Gasteiger charge is -2.34. The molecule has 1 amide bonds. The van der Waals surface area contributed by atoms with Crippen molar-refractivity contribution in [3.8, 4) is 11.3 Å². The Labute approximate surface area is 186 Å². The van der Waals surface area contributed by atoms with E-state index in [2.05, 4.69) is 46.2 Å². The first kappa shape index (κ1) is 21.7. The van der Waals surface area contributed by atoms with Gasteiger partial charge in [-0.3, -0.25) is 14.7 Å². The molecule has 166 valence electrons. The molecule has 0 N–H and O–H groups in total. The number of ether oxygens (including phenoxy) is 1. The largest absolute Gasteiger partial charge is 0.452 e. The van der Waals surface area contributed by atoms with Crippen LogP contribution in [0, 0.1) is 13.8 Å². The van der Waals surface area contributed by atoms with Crippen LogP contribution in [0.1, 0.15) is 27.2 Å². The Morgan fingerprint density at radius 3 is 2.53 bits per heavy atom. The molecule has 1 saturated heterocycles. The van der Waals surface area contributed by atoms with Crippen molar-refractivity contribution in [1.82, 2.24) is 19.9 Å². The topological polar surface area (TPSA) is 88.8 Å². The number of aryl methyl sites for hydroxylation is 2. The van der Waals surface area contributed by atoms with Crippen LogP contribution in [0.5, 0.6) is 0 Å². The molecule has 0 aliphatic carbocycles. The fraction of sp³-hybridized carbons (Fsp3) is 0.333. The highest BCUT2D eigenvalue weighted by molar-refractivity contribution is 5.98. The Balaban J connectivity index is 1.29. The molecule has 32 heavy (non-hydrogen) atoms. The van der Waals surface area contributed by atoms with E-state index in [1.165, 1.54) is 11.1 Å². The summed E-state index contributed by atoms with van der Waals surface area (Å²) in [6, 6.07) is 11.9. The second-order valence-corrected chi connectivity index (χ2v) is 7.92. The molecule has 1 aliphatic rings. The molecule has 0 radical (unpaired) electrons. The number of carbonyl (C=O) groups excluding carboxylic acids is 2. The average molecular weight is 434 g/mol. The quantitative estimate of drug-likeness (QED) is 0.551. The Hall–Kier alpha value is -3.52. The summed E-state index contributed by atoms with van der Waals surface area (Å²) in [6.45, 7) is 7.06. The summed E-state index contributed by atoms with van der Waals surface area (Å²) < 4.78 is 10.5. The van der Waals surface area contributed by atoms with E-state index in [4.69, 9.17) is 9.26 Å². The minimum Gasteiger partial charge on any atom is -0.452 e. The summed E-state index contributed by atoms with van der Waals surface area (Å²) in [4.78, 5) is 33.3. The fourth-order valence-corrected chi connectivity index (χ4v) is 3.83. The van der Waals surface area contributed by atoms with Gasteiger partial charge in [0.1, 0.15) is 17.0 Å². The van der Waals surface area contributed by atoms with E-state index in [9.17, 15) is 9.59 Å². The summed E-state index contributed by atoms with van der Waals surface area (Å²) in [5, 5.41) is 3.97. The second kappa shape index (κ2) is 9.74. The van der Waals surface area contributed by atoms with Crippen LogP contribution in [-0.4, -0.2) is 64.6 Å². The Kier molecular flexibility index (Phi) is 6.61. The molecule has 0 saturated carbocycles. The Morgan fingerprint density at radius 1 is 1.06 bits per heavy atom. The van der Waals surface area contributed by atoms with Crippen LogP contribution in [0.25, 0.3) is 11.3 Å². The molecule has 1 aliphatic heterocycles. The molecule has 0 bridgehead atoms. The van der Waals surface area contributed by atoms with Gasteiger partial charge in [0.05, 0.1) is 0 Å². The molecule has 0 unspecified atom stereocenters. The summed E-state index contributed by atoms with van der Waals surface area (Å²) in [6.07, 6.45) is 3.22. The van der Waals surface area contributed by atoms with Gasteiger partial charge in [0.15, 0.2) is 6.61 Å². The molecular weight excluding hydrogens is 408 g/mol. The van der Waals surface area contributed by atoms with E-state index in [0.29, 0.717) is 30.1 Å². The first-order chi connectivity index (χ1) is 15.5. The number of piperazine rings is 1. The maximum Gasteiger partial charge on any atom is 0.344 e. The number of amides is 1. The van der Waals surface area contributed by atoms with Crippen LogP contribution in [0.4, 0.5) is 0 Å². The molecule has 8 nitrogen and oxygen atoms in total. The molecule has 3 heterocycles. The number of hydrogen-bond donors (Lipinski definition) is 0. The van der Waals surface area contributed by atoms with Crippen molar-refractivity contribution in [3.63, 3.8) is 0 Å². The maximum atomic E-state index is 12.7. The number of esters is 1. The number of pyridine rings is 1. The van der Waals surface area contributed by atoms with Crippen molar-refractivity contribution in [2.75, 3.05) is 32.8 Å². The van der Waals surface area contributed by atoms with Gasteiger partial charge in [-0.15, -0.1) is 0 Å². The van der Waals surface area contributed by atoms with E-state index >= 15 is 0 Å². The van der Waals surface area contributed by atoms with Crippen LogP contribution in [-0.2, 0) is 16.1 Å². The lowest BCUT2D eigenvalue weighted by molar-refractivity contribution is -0.136. The van der Waals surface area contributed by atoms with Crippen LogP contribution < -0.4 is 0 Å². The first-order valence-electron chi connectivity index (χ1n) is 10.6. The zero-order chi connectivity index (χ0) is 22.5. The van der Waals surface area contributed by atoms with Crippen LogP contribution >= 0.6 is 0 Å². The Bertz CT molecular complexity index is 1090. The normalized spacial score (nSPS) is 14.4. The third-order valence-corrected chi connectivity index (χ3v) is 5.56. The molecule has 3 aromatic rings. The maximum absolute atomic E-state index is 12.7. The minimum absolute atomic E-state index is 0.201. The van der Waals surface area contributed by atoms with Crippen molar-refractivity contribution < 1.29 is 18.8 Å². The SMILES string of the molecule is Cc1cccc(CN2CCN(C(=O)COC(=O)c3c(-c4ccncc4)noc3C)CC2)c1. The van der Waals surface area contributed by atoms with E-state index in [0.717, 1.165) is 19.6 Å². The average Bonchev–Trinajstić information content (AvgIpc) is 3.20. The zero-order valence-corrected chi connectivity index (χ0v) is 18.3.